The van der Waals surface area contributed by atoms with Crippen molar-refractivity contribution >= 4 is 11.8 Å². The normalized spacial score (nSPS) is 10.9. The Bertz CT molecular complexity index is 898. The predicted octanol–water partition coefficient (Wildman–Crippen LogP) is 3.40. The maximum absolute atomic E-state index is 13.4. The molecule has 0 aliphatic carbocycles. The fourth-order valence-electron chi connectivity index (χ4n) is 2.56. The first-order valence-corrected chi connectivity index (χ1v) is 8.87. The van der Waals surface area contributed by atoms with Gasteiger partial charge in [-0.15, -0.1) is 0 Å². The molecule has 0 aliphatic heterocycles. The lowest BCUT2D eigenvalue weighted by Crippen LogP contribution is -2.21. The van der Waals surface area contributed by atoms with E-state index in [2.05, 4.69) is 25.6 Å². The second kappa shape index (κ2) is 9.18. The summed E-state index contributed by atoms with van der Waals surface area (Å²) in [5, 5.41) is 6.29. The molecule has 0 saturated heterocycles. The Balaban J connectivity index is 1.81. The quantitative estimate of drug-likeness (QED) is 0.621. The van der Waals surface area contributed by atoms with Gasteiger partial charge in [0.1, 0.15) is 17.5 Å². The van der Waals surface area contributed by atoms with Crippen LogP contribution in [-0.2, 0) is 6.54 Å². The Morgan fingerprint density at radius 3 is 2.39 bits per heavy atom. The Hall–Kier alpha value is -3.13. The number of halogens is 2. The first-order chi connectivity index (χ1) is 13.5. The molecule has 0 unspecified atom stereocenters. The van der Waals surface area contributed by atoms with E-state index in [0.717, 1.165) is 12.6 Å². The summed E-state index contributed by atoms with van der Waals surface area (Å²) < 4.78 is 26.8. The Morgan fingerprint density at radius 1 is 0.929 bits per heavy atom. The number of benzene rings is 1. The highest BCUT2D eigenvalue weighted by atomic mass is 19.1. The molecule has 28 heavy (non-hydrogen) atoms. The highest BCUT2D eigenvalue weighted by Gasteiger charge is 2.08. The number of rotatable bonds is 8. The molecular formula is C20H22F2N6. The minimum atomic E-state index is -0.611. The average molecular weight is 384 g/mol. The smallest absolute Gasteiger partial charge is 0.225 e. The summed E-state index contributed by atoms with van der Waals surface area (Å²) >= 11 is 0. The summed E-state index contributed by atoms with van der Waals surface area (Å²) in [6.07, 6.45) is 1.69. The van der Waals surface area contributed by atoms with Crippen molar-refractivity contribution in [2.75, 3.05) is 37.8 Å². The van der Waals surface area contributed by atoms with Crippen LogP contribution < -0.4 is 10.6 Å². The van der Waals surface area contributed by atoms with E-state index in [1.54, 1.807) is 12.3 Å². The number of anilines is 2. The maximum atomic E-state index is 13.4. The van der Waals surface area contributed by atoms with E-state index in [1.165, 1.54) is 12.1 Å². The number of nitrogens with zero attached hydrogens (tertiary/aromatic N) is 4. The monoisotopic (exact) mass is 384 g/mol. The van der Waals surface area contributed by atoms with Crippen LogP contribution >= 0.6 is 0 Å². The highest BCUT2D eigenvalue weighted by Crippen LogP contribution is 2.20. The van der Waals surface area contributed by atoms with E-state index >= 15 is 0 Å². The number of pyridine rings is 1. The second-order valence-electron chi connectivity index (χ2n) is 6.54. The molecular weight excluding hydrogens is 362 g/mol. The third-order valence-electron chi connectivity index (χ3n) is 3.89. The van der Waals surface area contributed by atoms with Crippen molar-refractivity contribution in [3.8, 4) is 11.4 Å². The van der Waals surface area contributed by atoms with Crippen molar-refractivity contribution in [3.63, 3.8) is 0 Å². The van der Waals surface area contributed by atoms with Gasteiger partial charge in [0.15, 0.2) is 0 Å². The number of likely N-dealkylation sites (N-methyl/N-ethyl adjacent to an activating group) is 1. The van der Waals surface area contributed by atoms with Gasteiger partial charge in [-0.1, -0.05) is 6.07 Å². The van der Waals surface area contributed by atoms with Crippen LogP contribution in [0.4, 0.5) is 20.5 Å². The summed E-state index contributed by atoms with van der Waals surface area (Å²) in [7, 11) is 3.97. The van der Waals surface area contributed by atoms with E-state index < -0.39 is 11.6 Å². The number of nitrogens with one attached hydrogen (secondary N) is 2. The third kappa shape index (κ3) is 5.68. The van der Waals surface area contributed by atoms with Crippen molar-refractivity contribution < 1.29 is 8.78 Å². The number of aromatic nitrogens is 3. The maximum Gasteiger partial charge on any atom is 0.225 e. The molecule has 0 fully saturated rings. The molecule has 146 valence electrons. The standard InChI is InChI=1S/C20H22F2N6/c1-28(2)8-7-24-20-26-18(17-5-3-4-6-23-17)12-19(27-20)25-13-14-9-15(21)11-16(22)10-14/h3-6,9-12H,7-8,13H2,1-2H3,(H2,24,25,26,27). The molecule has 2 aromatic heterocycles. The van der Waals surface area contributed by atoms with Crippen LogP contribution in [0.2, 0.25) is 0 Å². The third-order valence-corrected chi connectivity index (χ3v) is 3.89. The zero-order valence-electron chi connectivity index (χ0n) is 15.8. The molecule has 6 nitrogen and oxygen atoms in total. The van der Waals surface area contributed by atoms with Crippen LogP contribution in [0, 0.1) is 11.6 Å². The molecule has 0 radical (unpaired) electrons. The van der Waals surface area contributed by atoms with Crippen LogP contribution in [-0.4, -0.2) is 47.0 Å². The van der Waals surface area contributed by atoms with Crippen molar-refractivity contribution in [1.29, 1.82) is 0 Å². The molecule has 1 aromatic carbocycles. The fraction of sp³-hybridized carbons (Fsp3) is 0.250. The summed E-state index contributed by atoms with van der Waals surface area (Å²) in [5.41, 5.74) is 1.84. The van der Waals surface area contributed by atoms with Gasteiger partial charge in [0.05, 0.1) is 11.4 Å². The molecule has 0 bridgehead atoms. The highest BCUT2D eigenvalue weighted by molar-refractivity contribution is 5.61. The minimum Gasteiger partial charge on any atom is -0.366 e. The summed E-state index contributed by atoms with van der Waals surface area (Å²) in [6, 6.07) is 10.7. The molecule has 0 amide bonds. The summed E-state index contributed by atoms with van der Waals surface area (Å²) in [5.74, 6) is -0.231. The molecule has 8 heteroatoms. The second-order valence-corrected chi connectivity index (χ2v) is 6.54. The first kappa shape index (κ1) is 19.6. The predicted molar refractivity (Wildman–Crippen MR) is 106 cm³/mol. The molecule has 0 spiro atoms. The van der Waals surface area contributed by atoms with E-state index in [9.17, 15) is 8.78 Å². The molecule has 0 saturated carbocycles. The molecule has 0 aliphatic rings. The van der Waals surface area contributed by atoms with Crippen LogP contribution in [0.3, 0.4) is 0 Å². The molecule has 2 N–H and O–H groups in total. The van der Waals surface area contributed by atoms with Crippen LogP contribution in [0.15, 0.2) is 48.7 Å². The van der Waals surface area contributed by atoms with Crippen molar-refractivity contribution in [3.05, 3.63) is 65.9 Å². The minimum absolute atomic E-state index is 0.227. The van der Waals surface area contributed by atoms with Crippen LogP contribution in [0.25, 0.3) is 11.4 Å². The first-order valence-electron chi connectivity index (χ1n) is 8.87. The van der Waals surface area contributed by atoms with Gasteiger partial charge in [-0.05, 0) is 43.9 Å². The van der Waals surface area contributed by atoms with E-state index in [0.29, 0.717) is 35.3 Å². The van der Waals surface area contributed by atoms with Gasteiger partial charge in [0.25, 0.3) is 0 Å². The van der Waals surface area contributed by atoms with Crippen molar-refractivity contribution in [1.82, 2.24) is 19.9 Å². The van der Waals surface area contributed by atoms with E-state index in [-0.39, 0.29) is 6.54 Å². The van der Waals surface area contributed by atoms with Crippen LogP contribution in [0.5, 0.6) is 0 Å². The Morgan fingerprint density at radius 2 is 1.71 bits per heavy atom. The lowest BCUT2D eigenvalue weighted by Gasteiger charge is -2.13. The number of hydrogen-bond donors (Lipinski definition) is 2. The van der Waals surface area contributed by atoms with Crippen molar-refractivity contribution in [2.45, 2.75) is 6.54 Å². The zero-order chi connectivity index (χ0) is 19.9. The Kier molecular flexibility index (Phi) is 6.44. The number of hydrogen-bond acceptors (Lipinski definition) is 6. The summed E-state index contributed by atoms with van der Waals surface area (Å²) in [6.45, 7) is 1.72. The van der Waals surface area contributed by atoms with E-state index in [1.807, 2.05) is 37.2 Å². The van der Waals surface area contributed by atoms with E-state index in [4.69, 9.17) is 0 Å². The molecule has 3 rings (SSSR count). The van der Waals surface area contributed by atoms with Gasteiger partial charge >= 0.3 is 0 Å². The largest absolute Gasteiger partial charge is 0.366 e. The van der Waals surface area contributed by atoms with Gasteiger partial charge in [-0.2, -0.15) is 4.98 Å². The van der Waals surface area contributed by atoms with Crippen molar-refractivity contribution in [2.24, 2.45) is 0 Å². The lowest BCUT2D eigenvalue weighted by molar-refractivity contribution is 0.425. The van der Waals surface area contributed by atoms with Gasteiger partial charge < -0.3 is 15.5 Å². The molecule has 3 aromatic rings. The van der Waals surface area contributed by atoms with Gasteiger partial charge in [0.2, 0.25) is 5.95 Å². The van der Waals surface area contributed by atoms with Gasteiger partial charge in [-0.25, -0.2) is 13.8 Å². The average Bonchev–Trinajstić information content (AvgIpc) is 2.66. The zero-order valence-corrected chi connectivity index (χ0v) is 15.8. The lowest BCUT2D eigenvalue weighted by atomic mass is 10.2. The molecule has 2 heterocycles. The topological polar surface area (TPSA) is 66.0 Å². The fourth-order valence-corrected chi connectivity index (χ4v) is 2.56. The van der Waals surface area contributed by atoms with Gasteiger partial charge in [0, 0.05) is 38.0 Å². The Labute approximate surface area is 162 Å². The van der Waals surface area contributed by atoms with Gasteiger partial charge in [-0.3, -0.25) is 4.98 Å². The SMILES string of the molecule is CN(C)CCNc1nc(NCc2cc(F)cc(F)c2)cc(-c2ccccn2)n1. The van der Waals surface area contributed by atoms with Crippen LogP contribution in [0.1, 0.15) is 5.56 Å². The molecule has 0 atom stereocenters. The summed E-state index contributed by atoms with van der Waals surface area (Å²) in [4.78, 5) is 15.3.